The minimum absolute atomic E-state index is 0.627. The standard InChI is InChI=1S/C11H16N2O4/c14-7-10(16)11(17)9(15)6-12-13-8-4-2-1-3-5-8/h1-6,9-11,13-17H,7H2/b12-6+/t9-,10-,11?/m0/s1/i6+1,7+1,9+1,10+1,11+1. The Kier molecular flexibility index (Phi) is 5.58. The smallest absolute Gasteiger partial charge is 0.119 e. The number of hydrogen-bond donors (Lipinski definition) is 5. The fourth-order valence-corrected chi connectivity index (χ4v) is 1.12. The molecule has 0 radical (unpaired) electrons. The number of hydrazone groups is 1. The third-order valence-electron chi connectivity index (χ3n) is 2.13. The maximum Gasteiger partial charge on any atom is 0.119 e. The van der Waals surface area contributed by atoms with Crippen molar-refractivity contribution in [3.8, 4) is 0 Å². The highest BCUT2D eigenvalue weighted by atomic mass is 16.5. The molecule has 0 amide bonds. The first-order valence-electron chi connectivity index (χ1n) is 5.14. The normalized spacial score (nSPS) is 16.7. The van der Waals surface area contributed by atoms with E-state index >= 15 is 0 Å². The van der Waals surface area contributed by atoms with Crippen molar-refractivity contribution in [3.05, 3.63) is 30.3 Å². The molecule has 1 rings (SSSR count). The summed E-state index contributed by atoms with van der Waals surface area (Å²) in [6, 6.07) is 9.05. The van der Waals surface area contributed by atoms with E-state index in [1.807, 2.05) is 18.2 Å². The highest BCUT2D eigenvalue weighted by Crippen LogP contribution is 2.04. The Morgan fingerprint density at radius 2 is 1.82 bits per heavy atom. The zero-order chi connectivity index (χ0) is 12.7. The largest absolute Gasteiger partial charge is 0.394 e. The number of rotatable bonds is 6. The van der Waals surface area contributed by atoms with E-state index in [1.54, 1.807) is 12.1 Å². The Morgan fingerprint density at radius 1 is 1.18 bits per heavy atom. The molecular weight excluding hydrogens is 229 g/mol. The second kappa shape index (κ2) is 6.97. The molecule has 0 bridgehead atoms. The van der Waals surface area contributed by atoms with Crippen LogP contribution in [0, 0.1) is 0 Å². The molecule has 0 spiro atoms. The summed E-state index contributed by atoms with van der Waals surface area (Å²) in [5.74, 6) is 0. The number of aliphatic hydroxyl groups excluding tert-OH is 4. The van der Waals surface area contributed by atoms with Crippen molar-refractivity contribution < 1.29 is 20.4 Å². The monoisotopic (exact) mass is 245 g/mol. The molecule has 0 fully saturated rings. The van der Waals surface area contributed by atoms with Crippen molar-refractivity contribution in [2.45, 2.75) is 18.3 Å². The van der Waals surface area contributed by atoms with Crippen molar-refractivity contribution >= 4 is 11.9 Å². The third kappa shape index (κ3) is 4.49. The van der Waals surface area contributed by atoms with E-state index in [1.165, 1.54) is 0 Å². The van der Waals surface area contributed by atoms with Crippen molar-refractivity contribution in [2.75, 3.05) is 12.0 Å². The molecule has 0 aliphatic rings. The minimum Gasteiger partial charge on any atom is -0.394 e. The van der Waals surface area contributed by atoms with Gasteiger partial charge in [0.05, 0.1) is 18.5 Å². The first-order chi connectivity index (χ1) is 8.15. The summed E-state index contributed by atoms with van der Waals surface area (Å²) >= 11 is 0. The lowest BCUT2D eigenvalue weighted by molar-refractivity contribution is -0.0541. The Bertz CT molecular complexity index is 345. The molecule has 5 N–H and O–H groups in total. The van der Waals surface area contributed by atoms with Gasteiger partial charge in [0.2, 0.25) is 0 Å². The summed E-state index contributed by atoms with van der Waals surface area (Å²) in [5.41, 5.74) is 3.37. The Morgan fingerprint density at radius 3 is 2.41 bits per heavy atom. The van der Waals surface area contributed by atoms with Crippen molar-refractivity contribution in [2.24, 2.45) is 5.10 Å². The van der Waals surface area contributed by atoms with Gasteiger partial charge in [0.15, 0.2) is 0 Å². The van der Waals surface area contributed by atoms with Crippen LogP contribution in [0.4, 0.5) is 5.69 Å². The van der Waals surface area contributed by atoms with Crippen molar-refractivity contribution in [1.29, 1.82) is 0 Å². The molecular formula is C11H16N2O4. The van der Waals surface area contributed by atoms with Gasteiger partial charge < -0.3 is 20.4 Å². The number of nitrogens with zero attached hydrogens (tertiary/aromatic N) is 1. The summed E-state index contributed by atoms with van der Waals surface area (Å²) in [4.78, 5) is 0. The molecule has 0 aliphatic heterocycles. The first kappa shape index (κ1) is 13.6. The molecule has 0 saturated carbocycles. The number of hydrogen-bond acceptors (Lipinski definition) is 6. The molecule has 17 heavy (non-hydrogen) atoms. The summed E-state index contributed by atoms with van der Waals surface area (Å²) in [6.45, 7) is -0.627. The predicted octanol–water partition coefficient (Wildman–Crippen LogP) is -0.841. The molecule has 0 saturated heterocycles. The Balaban J connectivity index is 2.43. The molecule has 94 valence electrons. The third-order valence-corrected chi connectivity index (χ3v) is 2.13. The minimum atomic E-state index is -1.47. The van der Waals surface area contributed by atoms with Gasteiger partial charge in [-0.1, -0.05) is 18.2 Å². The van der Waals surface area contributed by atoms with Gasteiger partial charge in [-0.05, 0) is 12.1 Å². The van der Waals surface area contributed by atoms with E-state index in [-0.39, 0.29) is 0 Å². The van der Waals surface area contributed by atoms with E-state index in [0.717, 1.165) is 11.9 Å². The Hall–Kier alpha value is -1.47. The zero-order valence-electron chi connectivity index (χ0n) is 9.14. The highest BCUT2D eigenvalue weighted by molar-refractivity contribution is 5.65. The summed E-state index contributed by atoms with van der Waals surface area (Å²) < 4.78 is 0. The molecule has 1 aromatic rings. The van der Waals surface area contributed by atoms with Crippen LogP contribution in [-0.2, 0) is 0 Å². The van der Waals surface area contributed by atoms with Gasteiger partial charge in [0.1, 0.15) is 18.3 Å². The fourth-order valence-electron chi connectivity index (χ4n) is 1.12. The zero-order valence-corrected chi connectivity index (χ0v) is 9.14. The van der Waals surface area contributed by atoms with Crippen LogP contribution in [0.2, 0.25) is 0 Å². The Labute approximate surface area is 98.8 Å². The van der Waals surface area contributed by atoms with Gasteiger partial charge >= 0.3 is 0 Å². The number of aliphatic hydroxyl groups is 4. The molecule has 1 aromatic carbocycles. The molecule has 6 heteroatoms. The lowest BCUT2D eigenvalue weighted by Crippen LogP contribution is -2.40. The van der Waals surface area contributed by atoms with E-state index < -0.39 is 24.9 Å². The number of nitrogens with one attached hydrogen (secondary N) is 1. The molecule has 6 nitrogen and oxygen atoms in total. The maximum absolute atomic E-state index is 9.39. The van der Waals surface area contributed by atoms with Crippen LogP contribution >= 0.6 is 0 Å². The van der Waals surface area contributed by atoms with Crippen LogP contribution in [0.25, 0.3) is 0 Å². The predicted molar refractivity (Wildman–Crippen MR) is 63.7 cm³/mol. The topological polar surface area (TPSA) is 105 Å². The highest BCUT2D eigenvalue weighted by Gasteiger charge is 2.22. The van der Waals surface area contributed by atoms with Crippen LogP contribution in [0.15, 0.2) is 35.4 Å². The number of para-hydroxylation sites is 1. The van der Waals surface area contributed by atoms with Crippen LogP contribution in [0.1, 0.15) is 0 Å². The van der Waals surface area contributed by atoms with E-state index in [0.29, 0.717) is 0 Å². The molecule has 1 unspecified atom stereocenters. The van der Waals surface area contributed by atoms with Gasteiger partial charge in [-0.2, -0.15) is 5.10 Å². The van der Waals surface area contributed by atoms with E-state index in [9.17, 15) is 10.2 Å². The number of anilines is 1. The second-order valence-electron chi connectivity index (χ2n) is 3.49. The van der Waals surface area contributed by atoms with Crippen LogP contribution < -0.4 is 5.43 Å². The second-order valence-corrected chi connectivity index (χ2v) is 3.49. The van der Waals surface area contributed by atoms with Crippen LogP contribution in [0.5, 0.6) is 0 Å². The first-order valence-corrected chi connectivity index (χ1v) is 5.14. The maximum atomic E-state index is 9.39. The van der Waals surface area contributed by atoms with E-state index in [2.05, 4.69) is 10.5 Å². The van der Waals surface area contributed by atoms with Gasteiger partial charge in [-0.15, -0.1) is 0 Å². The van der Waals surface area contributed by atoms with Gasteiger partial charge in [-0.3, -0.25) is 5.43 Å². The van der Waals surface area contributed by atoms with E-state index in [4.69, 9.17) is 10.2 Å². The van der Waals surface area contributed by atoms with Gasteiger partial charge in [-0.25, -0.2) is 0 Å². The van der Waals surface area contributed by atoms with Gasteiger partial charge in [0, 0.05) is 0 Å². The molecule has 0 heterocycles. The fraction of sp³-hybridized carbons (Fsp3) is 0.364. The van der Waals surface area contributed by atoms with Gasteiger partial charge in [0.25, 0.3) is 0 Å². The SMILES string of the molecule is O[13CH2][13C@H](O)[13CH](O)[13C@@H](O)/[13CH]=N/Nc1ccccc1. The quantitative estimate of drug-likeness (QED) is 0.255. The van der Waals surface area contributed by atoms with Crippen molar-refractivity contribution in [3.63, 3.8) is 0 Å². The number of benzene rings is 1. The molecule has 0 aliphatic carbocycles. The van der Waals surface area contributed by atoms with Crippen LogP contribution in [-0.4, -0.2) is 51.6 Å². The summed E-state index contributed by atoms with van der Waals surface area (Å²) in [7, 11) is 0. The molecule has 0 aromatic heterocycles. The lowest BCUT2D eigenvalue weighted by Gasteiger charge is -2.18. The van der Waals surface area contributed by atoms with Crippen molar-refractivity contribution in [1.82, 2.24) is 0 Å². The summed E-state index contributed by atoms with van der Waals surface area (Å²) in [6.07, 6.45) is -3.17. The average Bonchev–Trinajstić information content (AvgIpc) is 2.38. The average molecular weight is 245 g/mol. The van der Waals surface area contributed by atoms with Crippen LogP contribution in [0.3, 0.4) is 0 Å². The molecule has 3 atom stereocenters. The lowest BCUT2D eigenvalue weighted by atomic mass is 10.3. The summed E-state index contributed by atoms with van der Waals surface area (Å²) in [5, 5.41) is 40.0.